The van der Waals surface area contributed by atoms with Crippen molar-refractivity contribution in [3.63, 3.8) is 0 Å². The van der Waals surface area contributed by atoms with Gasteiger partial charge in [-0.1, -0.05) is 41.7 Å². The topological polar surface area (TPSA) is 71.7 Å². The first-order valence-electron chi connectivity index (χ1n) is 10.8. The Morgan fingerprint density at radius 2 is 1.79 bits per heavy atom. The molecule has 8 heteroatoms. The first kappa shape index (κ1) is 23.7. The third kappa shape index (κ3) is 4.60. The van der Waals surface area contributed by atoms with Crippen molar-refractivity contribution in [2.45, 2.75) is 25.3 Å². The summed E-state index contributed by atoms with van der Waals surface area (Å²) in [6, 6.07) is 21.0. The summed E-state index contributed by atoms with van der Waals surface area (Å²) in [6.45, 7) is 8.43. The van der Waals surface area contributed by atoms with E-state index in [0.717, 1.165) is 15.8 Å². The zero-order chi connectivity index (χ0) is 24.3. The highest BCUT2D eigenvalue weighted by Crippen LogP contribution is 2.24. The maximum absolute atomic E-state index is 13.2. The summed E-state index contributed by atoms with van der Waals surface area (Å²) in [6.07, 6.45) is 1.77. The van der Waals surface area contributed by atoms with E-state index in [9.17, 15) is 13.2 Å². The minimum Gasteiger partial charge on any atom is -0.312 e. The van der Waals surface area contributed by atoms with Gasteiger partial charge in [-0.3, -0.25) is 9.10 Å². The van der Waals surface area contributed by atoms with Gasteiger partial charge in [-0.25, -0.2) is 8.42 Å². The largest absolute Gasteiger partial charge is 0.312 e. The molecule has 0 saturated heterocycles. The van der Waals surface area contributed by atoms with Gasteiger partial charge in [-0.2, -0.15) is 4.99 Å². The standard InChI is InChI=1S/C26H25N3O3S2/c1-4-17-28-23-16-11-19(3)18-24(23)33-26(28)27-25(30)20-12-14-22(15-13-20)34(31,32)29(5-2)21-9-7-6-8-10-21/h4,6-16,18H,1,5,17H2,2-3H3. The Kier molecular flexibility index (Phi) is 6.81. The fourth-order valence-electron chi connectivity index (χ4n) is 3.70. The predicted molar refractivity (Wildman–Crippen MR) is 138 cm³/mol. The summed E-state index contributed by atoms with van der Waals surface area (Å²) < 4.78 is 30.7. The SMILES string of the molecule is C=CCn1c(=NC(=O)c2ccc(S(=O)(=O)N(CC)c3ccccc3)cc2)sc2cc(C)ccc21. The smallest absolute Gasteiger partial charge is 0.279 e. The van der Waals surface area contributed by atoms with Crippen LogP contribution in [0.3, 0.4) is 0 Å². The number of nitrogens with zero attached hydrogens (tertiary/aromatic N) is 3. The molecule has 1 heterocycles. The molecule has 0 atom stereocenters. The van der Waals surface area contributed by atoms with Gasteiger partial charge in [0, 0.05) is 18.7 Å². The zero-order valence-corrected chi connectivity index (χ0v) is 20.6. The van der Waals surface area contributed by atoms with Gasteiger partial charge in [-0.05, 0) is 67.9 Å². The van der Waals surface area contributed by atoms with Crippen molar-refractivity contribution in [3.8, 4) is 0 Å². The Morgan fingerprint density at radius 1 is 1.09 bits per heavy atom. The summed E-state index contributed by atoms with van der Waals surface area (Å²) in [5, 5.41) is 0. The number of rotatable bonds is 7. The number of allylic oxidation sites excluding steroid dienone is 1. The van der Waals surface area contributed by atoms with Crippen LogP contribution in [-0.4, -0.2) is 25.4 Å². The van der Waals surface area contributed by atoms with Crippen LogP contribution >= 0.6 is 11.3 Å². The molecule has 0 unspecified atom stereocenters. The summed E-state index contributed by atoms with van der Waals surface area (Å²) in [7, 11) is -3.76. The molecule has 174 valence electrons. The molecule has 0 aliphatic rings. The van der Waals surface area contributed by atoms with Gasteiger partial charge in [0.05, 0.1) is 20.8 Å². The number of aryl methyl sites for hydroxylation is 1. The van der Waals surface area contributed by atoms with Crippen LogP contribution in [0.5, 0.6) is 0 Å². The van der Waals surface area contributed by atoms with Crippen LogP contribution < -0.4 is 9.11 Å². The predicted octanol–water partition coefficient (Wildman–Crippen LogP) is 5.15. The molecule has 0 aliphatic heterocycles. The van der Waals surface area contributed by atoms with E-state index in [1.165, 1.54) is 39.9 Å². The lowest BCUT2D eigenvalue weighted by Gasteiger charge is -2.22. The van der Waals surface area contributed by atoms with E-state index in [4.69, 9.17) is 0 Å². The highest BCUT2D eigenvalue weighted by Gasteiger charge is 2.23. The van der Waals surface area contributed by atoms with E-state index in [1.807, 2.05) is 29.7 Å². The fourth-order valence-corrected chi connectivity index (χ4v) is 6.31. The summed E-state index contributed by atoms with van der Waals surface area (Å²) in [4.78, 5) is 18.0. The molecule has 3 aromatic carbocycles. The highest BCUT2D eigenvalue weighted by molar-refractivity contribution is 7.92. The number of anilines is 1. The lowest BCUT2D eigenvalue weighted by Crippen LogP contribution is -2.30. The number of aromatic nitrogens is 1. The number of fused-ring (bicyclic) bond motifs is 1. The molecule has 0 bridgehead atoms. The molecule has 4 aromatic rings. The average Bonchev–Trinajstić information content (AvgIpc) is 3.16. The third-order valence-corrected chi connectivity index (χ3v) is 8.33. The summed E-state index contributed by atoms with van der Waals surface area (Å²) >= 11 is 1.44. The maximum atomic E-state index is 13.2. The van der Waals surface area contributed by atoms with Gasteiger partial charge >= 0.3 is 0 Å². The summed E-state index contributed by atoms with van der Waals surface area (Å²) in [5.74, 6) is -0.430. The number of para-hydroxylation sites is 1. The van der Waals surface area contributed by atoms with Crippen LogP contribution in [-0.2, 0) is 16.6 Å². The van der Waals surface area contributed by atoms with E-state index in [2.05, 4.69) is 17.6 Å². The van der Waals surface area contributed by atoms with Crippen LogP contribution in [0.25, 0.3) is 10.2 Å². The second kappa shape index (κ2) is 9.79. The van der Waals surface area contributed by atoms with Crippen molar-refractivity contribution < 1.29 is 13.2 Å². The van der Waals surface area contributed by atoms with Crippen molar-refractivity contribution in [1.82, 2.24) is 4.57 Å². The van der Waals surface area contributed by atoms with Gasteiger partial charge < -0.3 is 4.57 Å². The molecule has 1 aromatic heterocycles. The molecular formula is C26H25N3O3S2. The maximum Gasteiger partial charge on any atom is 0.279 e. The minimum atomic E-state index is -3.76. The number of amides is 1. The van der Waals surface area contributed by atoms with Crippen molar-refractivity contribution in [3.05, 3.63) is 101 Å². The Bertz CT molecular complexity index is 1520. The Morgan fingerprint density at radius 3 is 2.44 bits per heavy atom. The van der Waals surface area contributed by atoms with Crippen molar-refractivity contribution >= 4 is 43.2 Å². The Hall–Kier alpha value is -3.49. The van der Waals surface area contributed by atoms with E-state index in [-0.39, 0.29) is 11.4 Å². The van der Waals surface area contributed by atoms with E-state index in [0.29, 0.717) is 22.6 Å². The van der Waals surface area contributed by atoms with Crippen molar-refractivity contribution in [2.75, 3.05) is 10.8 Å². The van der Waals surface area contributed by atoms with Gasteiger partial charge in [0.15, 0.2) is 4.80 Å². The zero-order valence-electron chi connectivity index (χ0n) is 19.0. The van der Waals surface area contributed by atoms with Crippen LogP contribution in [0.4, 0.5) is 5.69 Å². The van der Waals surface area contributed by atoms with E-state index < -0.39 is 15.9 Å². The number of benzene rings is 3. The highest BCUT2D eigenvalue weighted by atomic mass is 32.2. The van der Waals surface area contributed by atoms with E-state index >= 15 is 0 Å². The molecular weight excluding hydrogens is 466 g/mol. The molecule has 0 radical (unpaired) electrons. The van der Waals surface area contributed by atoms with Crippen LogP contribution in [0.15, 0.2) is 95.3 Å². The van der Waals surface area contributed by atoms with Crippen LogP contribution in [0, 0.1) is 6.92 Å². The molecule has 0 spiro atoms. The number of hydrogen-bond donors (Lipinski definition) is 0. The quantitative estimate of drug-likeness (QED) is 0.336. The lowest BCUT2D eigenvalue weighted by atomic mass is 10.2. The normalized spacial score (nSPS) is 12.1. The Labute approximate surface area is 203 Å². The van der Waals surface area contributed by atoms with Crippen molar-refractivity contribution in [2.24, 2.45) is 4.99 Å². The number of carbonyl (C=O) groups excluding carboxylic acids is 1. The lowest BCUT2D eigenvalue weighted by molar-refractivity contribution is 0.0998. The van der Waals surface area contributed by atoms with Gasteiger partial charge in [0.1, 0.15) is 0 Å². The van der Waals surface area contributed by atoms with Crippen LogP contribution in [0.1, 0.15) is 22.8 Å². The first-order valence-corrected chi connectivity index (χ1v) is 13.1. The van der Waals surface area contributed by atoms with Gasteiger partial charge in [-0.15, -0.1) is 6.58 Å². The van der Waals surface area contributed by atoms with Crippen molar-refractivity contribution in [1.29, 1.82) is 0 Å². The molecule has 0 N–H and O–H groups in total. The molecule has 34 heavy (non-hydrogen) atoms. The second-order valence-corrected chi connectivity index (χ2v) is 10.6. The number of sulfonamides is 1. The molecule has 6 nitrogen and oxygen atoms in total. The molecule has 4 rings (SSSR count). The minimum absolute atomic E-state index is 0.119. The number of hydrogen-bond acceptors (Lipinski definition) is 4. The fraction of sp³-hybridized carbons (Fsp3) is 0.154. The van der Waals surface area contributed by atoms with Gasteiger partial charge in [0.25, 0.3) is 15.9 Å². The number of thiazole rings is 1. The third-order valence-electron chi connectivity index (χ3n) is 5.37. The molecule has 0 saturated carbocycles. The average molecular weight is 492 g/mol. The number of carbonyl (C=O) groups is 1. The first-order chi connectivity index (χ1) is 16.3. The molecule has 0 aliphatic carbocycles. The second-order valence-electron chi connectivity index (χ2n) is 7.70. The van der Waals surface area contributed by atoms with Crippen LogP contribution in [0.2, 0.25) is 0 Å². The monoisotopic (exact) mass is 491 g/mol. The van der Waals surface area contributed by atoms with E-state index in [1.54, 1.807) is 37.3 Å². The Balaban J connectivity index is 1.67. The molecule has 1 amide bonds. The van der Waals surface area contributed by atoms with Gasteiger partial charge in [0.2, 0.25) is 0 Å². The molecule has 0 fully saturated rings. The summed E-state index contributed by atoms with van der Waals surface area (Å²) in [5.41, 5.74) is 3.03.